The summed E-state index contributed by atoms with van der Waals surface area (Å²) in [7, 11) is 1.81. The summed E-state index contributed by atoms with van der Waals surface area (Å²) in [4.78, 5) is 7.93. The third-order valence-electron chi connectivity index (χ3n) is 3.13. The molecule has 0 amide bonds. The minimum Gasteiger partial charge on any atom is -0.342 e. The van der Waals surface area contributed by atoms with Gasteiger partial charge in [0.2, 0.25) is 0 Å². The number of aromatic amines is 1. The maximum absolute atomic E-state index is 4.60. The molecule has 0 unspecified atom stereocenters. The topological polar surface area (TPSA) is 53.1 Å². The molecule has 0 aliphatic rings. The summed E-state index contributed by atoms with van der Waals surface area (Å²) in [5.74, 6) is 0.920. The Kier molecular flexibility index (Phi) is 3.46. The van der Waals surface area contributed by atoms with Crippen molar-refractivity contribution in [2.45, 2.75) is 6.42 Å². The third kappa shape index (κ3) is 2.54. The van der Waals surface area contributed by atoms with Gasteiger partial charge in [-0.15, -0.1) is 0 Å². The number of para-hydroxylation sites is 2. The highest BCUT2D eigenvalue weighted by Crippen LogP contribution is 2.12. The summed E-state index contributed by atoms with van der Waals surface area (Å²) in [6, 6.07) is 18.2. The van der Waals surface area contributed by atoms with Crippen LogP contribution in [-0.2, 0) is 6.42 Å². The van der Waals surface area contributed by atoms with Gasteiger partial charge in [-0.25, -0.2) is 4.98 Å². The van der Waals surface area contributed by atoms with Crippen LogP contribution in [0.5, 0.6) is 0 Å². The minimum absolute atomic E-state index is 0.666. The normalized spacial score (nSPS) is 11.8. The smallest absolute Gasteiger partial charge is 0.113 e. The van der Waals surface area contributed by atoms with E-state index in [1.165, 1.54) is 0 Å². The zero-order chi connectivity index (χ0) is 13.8. The van der Waals surface area contributed by atoms with Crippen LogP contribution in [0.3, 0.4) is 0 Å². The van der Waals surface area contributed by atoms with Gasteiger partial charge in [-0.3, -0.25) is 0 Å². The summed E-state index contributed by atoms with van der Waals surface area (Å²) in [5, 5.41) is 4.37. The van der Waals surface area contributed by atoms with Crippen molar-refractivity contribution in [2.24, 2.45) is 5.10 Å². The van der Waals surface area contributed by atoms with Crippen LogP contribution in [-0.4, -0.2) is 22.7 Å². The molecule has 0 spiro atoms. The first-order valence-electron chi connectivity index (χ1n) is 6.59. The lowest BCUT2D eigenvalue weighted by Crippen LogP contribution is -2.11. The first-order chi connectivity index (χ1) is 9.86. The molecule has 1 aromatic heterocycles. The van der Waals surface area contributed by atoms with E-state index in [4.69, 9.17) is 0 Å². The lowest BCUT2D eigenvalue weighted by molar-refractivity contribution is 0.890. The molecule has 0 bridgehead atoms. The molecule has 0 fully saturated rings. The second kappa shape index (κ2) is 5.57. The van der Waals surface area contributed by atoms with Crippen LogP contribution >= 0.6 is 0 Å². The Morgan fingerprint density at radius 2 is 1.85 bits per heavy atom. The zero-order valence-corrected chi connectivity index (χ0v) is 11.3. The van der Waals surface area contributed by atoms with E-state index in [2.05, 4.69) is 32.6 Å². The predicted octanol–water partition coefficient (Wildman–Crippen LogP) is 2.73. The lowest BCUT2D eigenvalue weighted by atomic mass is 10.1. The molecule has 0 saturated heterocycles. The van der Waals surface area contributed by atoms with E-state index >= 15 is 0 Å². The zero-order valence-electron chi connectivity index (χ0n) is 11.3. The van der Waals surface area contributed by atoms with Crippen LogP contribution in [0.4, 0.5) is 0 Å². The molecule has 0 aliphatic heterocycles. The van der Waals surface area contributed by atoms with Gasteiger partial charge in [0, 0.05) is 7.05 Å². The highest BCUT2D eigenvalue weighted by atomic mass is 15.3. The Morgan fingerprint density at radius 3 is 2.60 bits per heavy atom. The van der Waals surface area contributed by atoms with Gasteiger partial charge in [0.05, 0.1) is 23.2 Å². The molecule has 4 heteroatoms. The fourth-order valence-corrected chi connectivity index (χ4v) is 2.22. The van der Waals surface area contributed by atoms with Crippen molar-refractivity contribution in [1.29, 1.82) is 0 Å². The Bertz CT molecular complexity index is 695. The highest BCUT2D eigenvalue weighted by Gasteiger charge is 2.08. The van der Waals surface area contributed by atoms with E-state index in [1.54, 1.807) is 0 Å². The molecule has 100 valence electrons. The number of nitrogens with one attached hydrogen (secondary N) is 2. The molecule has 1 heterocycles. The molecule has 4 nitrogen and oxygen atoms in total. The Balaban J connectivity index is 1.92. The van der Waals surface area contributed by atoms with Crippen molar-refractivity contribution in [3.63, 3.8) is 0 Å². The van der Waals surface area contributed by atoms with Crippen LogP contribution in [0.1, 0.15) is 11.4 Å². The summed E-state index contributed by atoms with van der Waals surface area (Å²) in [5.41, 5.74) is 6.97. The van der Waals surface area contributed by atoms with Crippen molar-refractivity contribution >= 4 is 16.7 Å². The molecule has 0 aliphatic carbocycles. The van der Waals surface area contributed by atoms with Crippen molar-refractivity contribution in [1.82, 2.24) is 15.4 Å². The van der Waals surface area contributed by atoms with E-state index in [9.17, 15) is 0 Å². The number of hydrazone groups is 1. The maximum atomic E-state index is 4.60. The van der Waals surface area contributed by atoms with Crippen molar-refractivity contribution in [3.05, 3.63) is 66.0 Å². The number of hydrogen-bond donors (Lipinski definition) is 2. The number of rotatable bonds is 4. The molecule has 2 aromatic carbocycles. The first-order valence-corrected chi connectivity index (χ1v) is 6.59. The van der Waals surface area contributed by atoms with Gasteiger partial charge in [0.15, 0.2) is 0 Å². The van der Waals surface area contributed by atoms with E-state index in [1.807, 2.05) is 49.5 Å². The summed E-state index contributed by atoms with van der Waals surface area (Å²) < 4.78 is 0. The quantitative estimate of drug-likeness (QED) is 0.562. The van der Waals surface area contributed by atoms with E-state index in [0.29, 0.717) is 6.42 Å². The molecule has 2 N–H and O–H groups in total. The second-order valence-corrected chi connectivity index (χ2v) is 4.53. The highest BCUT2D eigenvalue weighted by molar-refractivity contribution is 6.01. The fourth-order valence-electron chi connectivity index (χ4n) is 2.22. The molecule has 3 rings (SSSR count). The van der Waals surface area contributed by atoms with Gasteiger partial charge in [-0.2, -0.15) is 5.10 Å². The van der Waals surface area contributed by atoms with Gasteiger partial charge >= 0.3 is 0 Å². The standard InChI is InChI=1S/C16H16N4/c1-17-20-15(12-7-3-2-4-8-12)11-16-18-13-9-5-6-10-14(13)19-16/h2-10,17H,11H2,1H3,(H,18,19). The number of hydrogen-bond acceptors (Lipinski definition) is 3. The molecule has 0 atom stereocenters. The SMILES string of the molecule is CNN=C(Cc1nc2ccccc2[nH]1)c1ccccc1. The summed E-state index contributed by atoms with van der Waals surface area (Å²) in [6.07, 6.45) is 0.666. The van der Waals surface area contributed by atoms with Crippen molar-refractivity contribution in [3.8, 4) is 0 Å². The Labute approximate surface area is 117 Å². The molecular formula is C16H16N4. The van der Waals surface area contributed by atoms with Crippen LogP contribution in [0.2, 0.25) is 0 Å². The van der Waals surface area contributed by atoms with E-state index in [0.717, 1.165) is 28.1 Å². The van der Waals surface area contributed by atoms with Crippen LogP contribution in [0.15, 0.2) is 59.7 Å². The van der Waals surface area contributed by atoms with Gasteiger partial charge in [-0.1, -0.05) is 42.5 Å². The van der Waals surface area contributed by atoms with Gasteiger partial charge in [0.25, 0.3) is 0 Å². The van der Waals surface area contributed by atoms with Crippen molar-refractivity contribution in [2.75, 3.05) is 7.05 Å². The number of aromatic nitrogens is 2. The first kappa shape index (κ1) is 12.4. The number of H-pyrrole nitrogens is 1. The van der Waals surface area contributed by atoms with Crippen LogP contribution in [0, 0.1) is 0 Å². The molecular weight excluding hydrogens is 248 g/mol. The van der Waals surface area contributed by atoms with Gasteiger partial charge < -0.3 is 10.4 Å². The summed E-state index contributed by atoms with van der Waals surface area (Å²) >= 11 is 0. The largest absolute Gasteiger partial charge is 0.342 e. The molecule has 20 heavy (non-hydrogen) atoms. The third-order valence-corrected chi connectivity index (χ3v) is 3.13. The number of nitrogens with zero attached hydrogens (tertiary/aromatic N) is 2. The number of fused-ring (bicyclic) bond motifs is 1. The fraction of sp³-hybridized carbons (Fsp3) is 0.125. The number of benzene rings is 2. The maximum Gasteiger partial charge on any atom is 0.113 e. The monoisotopic (exact) mass is 264 g/mol. The minimum atomic E-state index is 0.666. The van der Waals surface area contributed by atoms with Crippen LogP contribution in [0.25, 0.3) is 11.0 Å². The molecule has 0 saturated carbocycles. The Hall–Kier alpha value is -2.62. The molecule has 3 aromatic rings. The Morgan fingerprint density at radius 1 is 1.10 bits per heavy atom. The van der Waals surface area contributed by atoms with E-state index in [-0.39, 0.29) is 0 Å². The second-order valence-electron chi connectivity index (χ2n) is 4.53. The summed E-state index contributed by atoms with van der Waals surface area (Å²) in [6.45, 7) is 0. The van der Waals surface area contributed by atoms with Gasteiger partial charge in [-0.05, 0) is 17.7 Å². The number of imidazole rings is 1. The average molecular weight is 264 g/mol. The van der Waals surface area contributed by atoms with Crippen molar-refractivity contribution < 1.29 is 0 Å². The average Bonchev–Trinajstić information content (AvgIpc) is 2.90. The molecule has 0 radical (unpaired) electrons. The van der Waals surface area contributed by atoms with Crippen LogP contribution < -0.4 is 5.43 Å². The lowest BCUT2D eigenvalue weighted by Gasteiger charge is -2.04. The van der Waals surface area contributed by atoms with Gasteiger partial charge in [0.1, 0.15) is 5.82 Å². The van der Waals surface area contributed by atoms with E-state index < -0.39 is 0 Å². The predicted molar refractivity (Wildman–Crippen MR) is 81.8 cm³/mol.